The first-order valence-electron chi connectivity index (χ1n) is 6.65. The third-order valence-electron chi connectivity index (χ3n) is 4.85. The van der Waals surface area contributed by atoms with Gasteiger partial charge in [0, 0.05) is 26.1 Å². The minimum absolute atomic E-state index is 0.0868. The predicted molar refractivity (Wildman–Crippen MR) is 65.6 cm³/mol. The van der Waals surface area contributed by atoms with E-state index in [1.807, 2.05) is 20.8 Å². The lowest BCUT2D eigenvalue weighted by atomic mass is 9.53. The molecule has 2 rings (SSSR count). The van der Waals surface area contributed by atoms with Crippen LogP contribution in [0.15, 0.2) is 0 Å². The molecule has 0 amide bonds. The molecule has 0 spiro atoms. The van der Waals surface area contributed by atoms with Crippen molar-refractivity contribution in [1.29, 1.82) is 0 Å². The van der Waals surface area contributed by atoms with Crippen LogP contribution >= 0.6 is 0 Å². The molecule has 0 saturated heterocycles. The lowest BCUT2D eigenvalue weighted by Gasteiger charge is -2.59. The van der Waals surface area contributed by atoms with E-state index in [0.29, 0.717) is 31.3 Å². The first kappa shape index (κ1) is 13.0. The number of carbonyl (C=O) groups excluding carboxylic acids is 1. The van der Waals surface area contributed by atoms with Gasteiger partial charge in [0.25, 0.3) is 0 Å². The molecule has 0 aliphatic heterocycles. The highest BCUT2D eigenvalue weighted by Crippen LogP contribution is 2.69. The van der Waals surface area contributed by atoms with E-state index in [-0.39, 0.29) is 5.41 Å². The molecule has 3 nitrogen and oxygen atoms in total. The Bertz CT molecular complexity index is 328. The van der Waals surface area contributed by atoms with Crippen molar-refractivity contribution in [3.05, 3.63) is 0 Å². The van der Waals surface area contributed by atoms with Crippen LogP contribution in [0, 0.1) is 16.7 Å². The molecule has 0 unspecified atom stereocenters. The molecule has 0 bridgehead atoms. The molecular formula is C14H24O3. The van der Waals surface area contributed by atoms with Gasteiger partial charge in [0.15, 0.2) is 5.79 Å². The van der Waals surface area contributed by atoms with Gasteiger partial charge in [-0.15, -0.1) is 0 Å². The molecule has 2 atom stereocenters. The number of fused-ring (bicyclic) bond motifs is 1. The first-order valence-corrected chi connectivity index (χ1v) is 6.65. The molecule has 2 aliphatic rings. The van der Waals surface area contributed by atoms with Crippen LogP contribution in [0.4, 0.5) is 0 Å². The van der Waals surface area contributed by atoms with Gasteiger partial charge < -0.3 is 9.47 Å². The standard InChI is InChI=1S/C14H24O3/c1-6-16-14(17-7-2)8-10-12(3,4)9-11(15)13(10,14)5/h10H,6-9H2,1-5H3/t10-,13-/m0/s1. The summed E-state index contributed by atoms with van der Waals surface area (Å²) in [6.45, 7) is 11.5. The number of ether oxygens (including phenoxy) is 2. The zero-order chi connectivity index (χ0) is 12.9. The van der Waals surface area contributed by atoms with Crippen LogP contribution in [0.5, 0.6) is 0 Å². The van der Waals surface area contributed by atoms with E-state index in [1.54, 1.807) is 0 Å². The highest BCUT2D eigenvalue weighted by molar-refractivity contribution is 5.90. The Morgan fingerprint density at radius 1 is 1.18 bits per heavy atom. The lowest BCUT2D eigenvalue weighted by Crippen LogP contribution is -2.67. The summed E-state index contributed by atoms with van der Waals surface area (Å²) in [5, 5.41) is 0. The fraction of sp³-hybridized carbons (Fsp3) is 0.929. The molecule has 3 heteroatoms. The van der Waals surface area contributed by atoms with E-state index in [0.717, 1.165) is 6.42 Å². The molecule has 2 saturated carbocycles. The fourth-order valence-electron chi connectivity index (χ4n) is 3.93. The van der Waals surface area contributed by atoms with Crippen molar-refractivity contribution in [2.75, 3.05) is 13.2 Å². The summed E-state index contributed by atoms with van der Waals surface area (Å²) in [5.41, 5.74) is -0.355. The van der Waals surface area contributed by atoms with E-state index in [2.05, 4.69) is 13.8 Å². The summed E-state index contributed by atoms with van der Waals surface area (Å²) in [4.78, 5) is 12.4. The number of Topliss-reactive ketones (excluding diaryl/α,β-unsaturated/α-hetero) is 1. The summed E-state index contributed by atoms with van der Waals surface area (Å²) in [6.07, 6.45) is 1.50. The summed E-state index contributed by atoms with van der Waals surface area (Å²) in [5.74, 6) is 0.0349. The molecule has 2 aliphatic carbocycles. The van der Waals surface area contributed by atoms with Gasteiger partial charge in [0.05, 0.1) is 5.41 Å². The topological polar surface area (TPSA) is 35.5 Å². The fourth-order valence-corrected chi connectivity index (χ4v) is 3.93. The summed E-state index contributed by atoms with van der Waals surface area (Å²) >= 11 is 0. The number of carbonyl (C=O) groups is 1. The monoisotopic (exact) mass is 240 g/mol. The molecule has 2 fully saturated rings. The Kier molecular flexibility index (Phi) is 2.91. The van der Waals surface area contributed by atoms with E-state index in [9.17, 15) is 4.79 Å². The quantitative estimate of drug-likeness (QED) is 0.709. The lowest BCUT2D eigenvalue weighted by molar-refractivity contribution is -0.357. The highest BCUT2D eigenvalue weighted by atomic mass is 16.7. The number of hydrogen-bond donors (Lipinski definition) is 0. The first-order chi connectivity index (χ1) is 7.84. The largest absolute Gasteiger partial charge is 0.349 e. The molecule has 17 heavy (non-hydrogen) atoms. The van der Waals surface area contributed by atoms with E-state index < -0.39 is 11.2 Å². The van der Waals surface area contributed by atoms with Crippen molar-refractivity contribution in [1.82, 2.24) is 0 Å². The second-order valence-corrected chi connectivity index (χ2v) is 6.17. The molecule has 0 radical (unpaired) electrons. The zero-order valence-electron chi connectivity index (χ0n) is 11.6. The van der Waals surface area contributed by atoms with Crippen molar-refractivity contribution >= 4 is 5.78 Å². The Hall–Kier alpha value is -0.410. The maximum Gasteiger partial charge on any atom is 0.181 e. The maximum absolute atomic E-state index is 12.4. The Balaban J connectivity index is 2.33. The molecule has 0 aromatic rings. The minimum Gasteiger partial charge on any atom is -0.349 e. The van der Waals surface area contributed by atoms with Gasteiger partial charge in [-0.2, -0.15) is 0 Å². The minimum atomic E-state index is -0.661. The molecule has 0 heterocycles. The second kappa shape index (κ2) is 3.79. The molecule has 0 N–H and O–H groups in total. The van der Waals surface area contributed by atoms with E-state index in [4.69, 9.17) is 9.47 Å². The molecule has 98 valence electrons. The maximum atomic E-state index is 12.4. The number of hydrogen-bond acceptors (Lipinski definition) is 3. The number of rotatable bonds is 4. The second-order valence-electron chi connectivity index (χ2n) is 6.17. The summed E-state index contributed by atoms with van der Waals surface area (Å²) < 4.78 is 11.7. The van der Waals surface area contributed by atoms with Crippen molar-refractivity contribution in [3.63, 3.8) is 0 Å². The van der Waals surface area contributed by atoms with Crippen molar-refractivity contribution in [2.45, 2.75) is 53.2 Å². The van der Waals surface area contributed by atoms with E-state index in [1.165, 1.54) is 0 Å². The Morgan fingerprint density at radius 3 is 2.12 bits per heavy atom. The smallest absolute Gasteiger partial charge is 0.181 e. The van der Waals surface area contributed by atoms with Gasteiger partial charge in [-0.3, -0.25) is 4.79 Å². The van der Waals surface area contributed by atoms with Crippen molar-refractivity contribution in [3.8, 4) is 0 Å². The zero-order valence-corrected chi connectivity index (χ0v) is 11.6. The van der Waals surface area contributed by atoms with Gasteiger partial charge in [-0.05, 0) is 32.1 Å². The van der Waals surface area contributed by atoms with Gasteiger partial charge >= 0.3 is 0 Å². The number of ketones is 1. The predicted octanol–water partition coefficient (Wildman–Crippen LogP) is 2.78. The van der Waals surface area contributed by atoms with Crippen molar-refractivity contribution < 1.29 is 14.3 Å². The van der Waals surface area contributed by atoms with Crippen molar-refractivity contribution in [2.24, 2.45) is 16.7 Å². The summed E-state index contributed by atoms with van der Waals surface area (Å²) in [6, 6.07) is 0. The van der Waals surface area contributed by atoms with Gasteiger partial charge in [0.1, 0.15) is 5.78 Å². The van der Waals surface area contributed by atoms with Crippen LogP contribution in [-0.4, -0.2) is 24.8 Å². The average Bonchev–Trinajstić information content (AvgIpc) is 2.36. The van der Waals surface area contributed by atoms with Crippen LogP contribution in [0.25, 0.3) is 0 Å². The van der Waals surface area contributed by atoms with Crippen LogP contribution in [0.2, 0.25) is 0 Å². The average molecular weight is 240 g/mol. The van der Waals surface area contributed by atoms with E-state index >= 15 is 0 Å². The van der Waals surface area contributed by atoms with Gasteiger partial charge in [-0.1, -0.05) is 13.8 Å². The third kappa shape index (κ3) is 1.45. The highest BCUT2D eigenvalue weighted by Gasteiger charge is 2.75. The molecular weight excluding hydrogens is 216 g/mol. The van der Waals surface area contributed by atoms with Crippen LogP contribution in [-0.2, 0) is 14.3 Å². The normalized spacial score (nSPS) is 37.7. The summed E-state index contributed by atoms with van der Waals surface area (Å²) in [7, 11) is 0. The van der Waals surface area contributed by atoms with Crippen LogP contribution < -0.4 is 0 Å². The molecule has 0 aromatic carbocycles. The van der Waals surface area contributed by atoms with Crippen LogP contribution in [0.1, 0.15) is 47.5 Å². The Morgan fingerprint density at radius 2 is 1.71 bits per heavy atom. The van der Waals surface area contributed by atoms with Gasteiger partial charge in [0.2, 0.25) is 0 Å². The van der Waals surface area contributed by atoms with Crippen LogP contribution in [0.3, 0.4) is 0 Å². The van der Waals surface area contributed by atoms with Gasteiger partial charge in [-0.25, -0.2) is 0 Å². The molecule has 0 aromatic heterocycles. The SMILES string of the molecule is CCOC1(OCC)C[C@H]2C(C)(C)CC(=O)[C@]21C. The Labute approximate surface area is 104 Å². The third-order valence-corrected chi connectivity index (χ3v) is 4.85.